The second-order valence-corrected chi connectivity index (χ2v) is 7.33. The molecule has 2 heterocycles. The molecule has 0 unspecified atom stereocenters. The largest absolute Gasteiger partial charge is 0.472 e. The number of methoxy groups -OCH3 is 1. The fourth-order valence-electron chi connectivity index (χ4n) is 4.23. The standard InChI is InChI=1S/C17H26O12/c1-26-15(25)6-4-27-16(9-5(2-18)10(20)12(22)8(6)9)29-17-14(24)13(23)11(21)7(3-19)28-17/h4-5,7-14,16-24H,2-3H2,1H3/t5-,7-,8-,9-,10-,11-,12-,13+,14-,16+,17+/m1/s1. The molecule has 12 nitrogen and oxygen atoms in total. The number of ether oxygens (including phenoxy) is 4. The van der Waals surface area contributed by atoms with Gasteiger partial charge < -0.3 is 54.7 Å². The molecule has 166 valence electrons. The van der Waals surface area contributed by atoms with Gasteiger partial charge in [0, 0.05) is 24.4 Å². The van der Waals surface area contributed by atoms with E-state index in [0.717, 1.165) is 13.4 Å². The molecule has 2 fully saturated rings. The highest BCUT2D eigenvalue weighted by Gasteiger charge is 2.58. The predicted octanol–water partition coefficient (Wildman–Crippen LogP) is -4.21. The topological polar surface area (TPSA) is 196 Å². The molecule has 29 heavy (non-hydrogen) atoms. The number of hydrogen-bond donors (Lipinski definition) is 7. The third kappa shape index (κ3) is 3.76. The number of esters is 1. The van der Waals surface area contributed by atoms with Crippen molar-refractivity contribution in [2.45, 2.75) is 49.2 Å². The molecule has 3 rings (SSSR count). The van der Waals surface area contributed by atoms with E-state index in [1.165, 1.54) is 0 Å². The fourth-order valence-corrected chi connectivity index (χ4v) is 4.23. The van der Waals surface area contributed by atoms with Gasteiger partial charge in [-0.25, -0.2) is 4.79 Å². The van der Waals surface area contributed by atoms with Gasteiger partial charge >= 0.3 is 5.97 Å². The van der Waals surface area contributed by atoms with Crippen molar-refractivity contribution in [2.24, 2.45) is 17.8 Å². The zero-order valence-electron chi connectivity index (χ0n) is 15.5. The van der Waals surface area contributed by atoms with Gasteiger partial charge in [-0.05, 0) is 0 Å². The van der Waals surface area contributed by atoms with E-state index in [0.29, 0.717) is 0 Å². The zero-order chi connectivity index (χ0) is 21.5. The minimum atomic E-state index is -1.70. The van der Waals surface area contributed by atoms with Crippen molar-refractivity contribution in [3.63, 3.8) is 0 Å². The molecule has 0 aromatic rings. The zero-order valence-corrected chi connectivity index (χ0v) is 15.5. The summed E-state index contributed by atoms with van der Waals surface area (Å²) in [5.41, 5.74) is -0.0614. The summed E-state index contributed by atoms with van der Waals surface area (Å²) in [7, 11) is 1.13. The number of aliphatic hydroxyl groups excluding tert-OH is 7. The summed E-state index contributed by atoms with van der Waals surface area (Å²) in [6, 6.07) is 0. The number of hydrogen-bond acceptors (Lipinski definition) is 12. The van der Waals surface area contributed by atoms with Gasteiger partial charge in [-0.1, -0.05) is 0 Å². The van der Waals surface area contributed by atoms with Crippen molar-refractivity contribution in [3.05, 3.63) is 11.8 Å². The molecule has 1 aliphatic carbocycles. The van der Waals surface area contributed by atoms with Crippen LogP contribution in [0.25, 0.3) is 0 Å². The van der Waals surface area contributed by atoms with Crippen molar-refractivity contribution < 1.29 is 59.5 Å². The number of carbonyl (C=O) groups is 1. The second kappa shape index (κ2) is 8.79. The molecule has 0 aromatic carbocycles. The Labute approximate surface area is 165 Å². The molecule has 3 aliphatic rings. The quantitative estimate of drug-likeness (QED) is 0.211. The summed E-state index contributed by atoms with van der Waals surface area (Å²) in [5, 5.41) is 69.7. The lowest BCUT2D eigenvalue weighted by atomic mass is 9.82. The second-order valence-electron chi connectivity index (χ2n) is 7.33. The van der Waals surface area contributed by atoms with Gasteiger partial charge in [0.15, 0.2) is 6.29 Å². The van der Waals surface area contributed by atoms with Crippen LogP contribution in [-0.4, -0.2) is 111 Å². The van der Waals surface area contributed by atoms with Crippen molar-refractivity contribution >= 4 is 5.97 Å². The fraction of sp³-hybridized carbons (Fsp3) is 0.824. The highest BCUT2D eigenvalue weighted by molar-refractivity contribution is 5.89. The van der Waals surface area contributed by atoms with Crippen LogP contribution in [0.4, 0.5) is 0 Å². The Morgan fingerprint density at radius 3 is 2.24 bits per heavy atom. The Morgan fingerprint density at radius 2 is 1.66 bits per heavy atom. The molecule has 0 bridgehead atoms. The van der Waals surface area contributed by atoms with Crippen molar-refractivity contribution in [1.82, 2.24) is 0 Å². The molecule has 0 aromatic heterocycles. The van der Waals surface area contributed by atoms with Crippen LogP contribution in [-0.2, 0) is 23.7 Å². The maximum absolute atomic E-state index is 12.0. The van der Waals surface area contributed by atoms with Crippen LogP contribution in [0.3, 0.4) is 0 Å². The number of carbonyl (C=O) groups excluding carboxylic acids is 1. The van der Waals surface area contributed by atoms with Crippen LogP contribution in [0, 0.1) is 17.8 Å². The van der Waals surface area contributed by atoms with Crippen LogP contribution in [0.5, 0.6) is 0 Å². The highest BCUT2D eigenvalue weighted by Crippen LogP contribution is 2.47. The van der Waals surface area contributed by atoms with E-state index in [4.69, 9.17) is 14.2 Å². The third-order valence-electron chi connectivity index (χ3n) is 5.82. The van der Waals surface area contributed by atoms with Crippen LogP contribution in [0.1, 0.15) is 0 Å². The lowest BCUT2D eigenvalue weighted by molar-refractivity contribution is -0.343. The van der Waals surface area contributed by atoms with Crippen LogP contribution < -0.4 is 0 Å². The first-order chi connectivity index (χ1) is 13.8. The first-order valence-electron chi connectivity index (χ1n) is 9.13. The molecule has 0 amide bonds. The molecule has 0 radical (unpaired) electrons. The van der Waals surface area contributed by atoms with E-state index in [9.17, 15) is 40.5 Å². The minimum Gasteiger partial charge on any atom is -0.472 e. The van der Waals surface area contributed by atoms with E-state index < -0.39 is 86.1 Å². The number of aliphatic hydroxyl groups is 7. The summed E-state index contributed by atoms with van der Waals surface area (Å²) in [6.45, 7) is -1.22. The molecular formula is C17H26O12. The summed E-state index contributed by atoms with van der Waals surface area (Å²) >= 11 is 0. The summed E-state index contributed by atoms with van der Waals surface area (Å²) in [5.74, 6) is -3.68. The molecule has 12 heteroatoms. The average Bonchev–Trinajstić information content (AvgIpc) is 2.98. The first kappa shape index (κ1) is 22.3. The Hall–Kier alpha value is -1.35. The lowest BCUT2D eigenvalue weighted by Crippen LogP contribution is -2.60. The molecular weight excluding hydrogens is 396 g/mol. The maximum Gasteiger partial charge on any atom is 0.337 e. The monoisotopic (exact) mass is 422 g/mol. The SMILES string of the molecule is COC(=O)C1=CO[C@@H](O[C@@H]2O[C@H](CO)[C@@H](O)[C@H](O)[C@H]2O)[C@@H]2[C@@H](CO)[C@@H](O)[C@H](O)[C@H]12. The Morgan fingerprint density at radius 1 is 0.966 bits per heavy atom. The Bertz CT molecular complexity index is 624. The Kier molecular flexibility index (Phi) is 6.77. The first-order valence-corrected chi connectivity index (χ1v) is 9.13. The highest BCUT2D eigenvalue weighted by atomic mass is 16.8. The van der Waals surface area contributed by atoms with Crippen molar-refractivity contribution in [3.8, 4) is 0 Å². The van der Waals surface area contributed by atoms with Gasteiger partial charge in [-0.15, -0.1) is 0 Å². The van der Waals surface area contributed by atoms with E-state index in [1.54, 1.807) is 0 Å². The average molecular weight is 422 g/mol. The van der Waals surface area contributed by atoms with Gasteiger partial charge in [-0.3, -0.25) is 0 Å². The predicted molar refractivity (Wildman–Crippen MR) is 89.4 cm³/mol. The molecule has 0 spiro atoms. The third-order valence-corrected chi connectivity index (χ3v) is 5.82. The van der Waals surface area contributed by atoms with E-state index in [1.807, 2.05) is 0 Å². The van der Waals surface area contributed by atoms with Crippen molar-refractivity contribution in [1.29, 1.82) is 0 Å². The molecule has 7 N–H and O–H groups in total. The maximum atomic E-state index is 12.0. The lowest BCUT2D eigenvalue weighted by Gasteiger charge is -2.43. The van der Waals surface area contributed by atoms with Gasteiger partial charge in [0.1, 0.15) is 24.4 Å². The number of rotatable bonds is 5. The molecule has 2 aliphatic heterocycles. The Balaban J connectivity index is 1.87. The van der Waals surface area contributed by atoms with Gasteiger partial charge in [0.25, 0.3) is 0 Å². The molecule has 1 saturated heterocycles. The van der Waals surface area contributed by atoms with Gasteiger partial charge in [0.05, 0.1) is 37.8 Å². The van der Waals surface area contributed by atoms with E-state index >= 15 is 0 Å². The van der Waals surface area contributed by atoms with Crippen LogP contribution >= 0.6 is 0 Å². The molecule has 11 atom stereocenters. The van der Waals surface area contributed by atoms with Crippen molar-refractivity contribution in [2.75, 3.05) is 20.3 Å². The molecule has 1 saturated carbocycles. The van der Waals surface area contributed by atoms with Gasteiger partial charge in [0.2, 0.25) is 6.29 Å². The van der Waals surface area contributed by atoms with Crippen LogP contribution in [0.15, 0.2) is 11.8 Å². The summed E-state index contributed by atoms with van der Waals surface area (Å²) < 4.78 is 21.0. The number of fused-ring (bicyclic) bond motifs is 1. The normalized spacial score (nSPS) is 47.2. The van der Waals surface area contributed by atoms with E-state index in [-0.39, 0.29) is 5.57 Å². The summed E-state index contributed by atoms with van der Waals surface area (Å²) in [6.07, 6.45) is -10.9. The van der Waals surface area contributed by atoms with Crippen LogP contribution in [0.2, 0.25) is 0 Å². The smallest absolute Gasteiger partial charge is 0.337 e. The van der Waals surface area contributed by atoms with Gasteiger partial charge in [-0.2, -0.15) is 0 Å². The minimum absolute atomic E-state index is 0.0614. The van der Waals surface area contributed by atoms with E-state index in [2.05, 4.69) is 4.74 Å². The summed E-state index contributed by atoms with van der Waals surface area (Å²) in [4.78, 5) is 12.0.